The van der Waals surface area contributed by atoms with E-state index in [1.807, 2.05) is 0 Å². The van der Waals surface area contributed by atoms with Crippen molar-refractivity contribution in [2.24, 2.45) is 4.99 Å². The maximum absolute atomic E-state index is 8.47. The van der Waals surface area contributed by atoms with Gasteiger partial charge in [-0.05, 0) is 0 Å². The van der Waals surface area contributed by atoms with Crippen molar-refractivity contribution in [3.63, 3.8) is 0 Å². The van der Waals surface area contributed by atoms with Crippen LogP contribution in [0.1, 0.15) is 0 Å². The zero-order valence-corrected chi connectivity index (χ0v) is 4.37. The highest BCUT2D eigenvalue weighted by Crippen LogP contribution is 1.97. The molecule has 0 unspecified atom stereocenters. The topological polar surface area (TPSA) is 41.8 Å². The first-order chi connectivity index (χ1) is 3.93. The summed E-state index contributed by atoms with van der Waals surface area (Å²) in [6.45, 7) is 0.605. The van der Waals surface area contributed by atoms with E-state index in [1.54, 1.807) is 0 Å². The largest absolute Gasteiger partial charge is 0.454 e. The Kier molecular flexibility index (Phi) is 1.64. The SMILES string of the molecule is OCC1=COC=NC1. The summed E-state index contributed by atoms with van der Waals surface area (Å²) in [7, 11) is 0. The maximum Gasteiger partial charge on any atom is 0.176 e. The molecule has 0 atom stereocenters. The number of aliphatic hydroxyl groups excluding tert-OH is 1. The summed E-state index contributed by atoms with van der Waals surface area (Å²) < 4.78 is 4.66. The Balaban J connectivity index is 2.43. The first kappa shape index (κ1) is 5.31. The molecule has 3 heteroatoms. The molecule has 0 saturated heterocycles. The third kappa shape index (κ3) is 1.07. The van der Waals surface area contributed by atoms with E-state index >= 15 is 0 Å². The summed E-state index contributed by atoms with van der Waals surface area (Å²) in [5.41, 5.74) is 0.812. The fourth-order valence-corrected chi connectivity index (χ4v) is 0.449. The lowest BCUT2D eigenvalue weighted by Gasteiger charge is -2.02. The van der Waals surface area contributed by atoms with Gasteiger partial charge in [0, 0.05) is 5.57 Å². The van der Waals surface area contributed by atoms with Crippen LogP contribution in [0.4, 0.5) is 0 Å². The molecule has 0 aromatic carbocycles. The molecule has 1 rings (SSSR count). The normalized spacial score (nSPS) is 17.4. The average molecular weight is 113 g/mol. The number of hydrogen-bond acceptors (Lipinski definition) is 3. The van der Waals surface area contributed by atoms with E-state index in [0.717, 1.165) is 5.57 Å². The van der Waals surface area contributed by atoms with Gasteiger partial charge in [0.15, 0.2) is 6.40 Å². The quantitative estimate of drug-likeness (QED) is 0.516. The van der Waals surface area contributed by atoms with Gasteiger partial charge in [0.2, 0.25) is 0 Å². The average Bonchev–Trinajstić information content (AvgIpc) is 1.90. The van der Waals surface area contributed by atoms with E-state index in [-0.39, 0.29) is 6.61 Å². The number of aliphatic imine (C=N–C) groups is 1. The van der Waals surface area contributed by atoms with Gasteiger partial charge in [0.05, 0.1) is 19.4 Å². The Labute approximate surface area is 47.3 Å². The van der Waals surface area contributed by atoms with Crippen LogP contribution in [-0.4, -0.2) is 24.7 Å². The fraction of sp³-hybridized carbons (Fsp3) is 0.400. The molecular formula is C5H7NO2. The van der Waals surface area contributed by atoms with Gasteiger partial charge in [-0.15, -0.1) is 0 Å². The lowest BCUT2D eigenvalue weighted by atomic mass is 10.3. The lowest BCUT2D eigenvalue weighted by molar-refractivity contribution is 0.320. The molecule has 0 saturated carbocycles. The van der Waals surface area contributed by atoms with Crippen LogP contribution in [0.3, 0.4) is 0 Å². The summed E-state index contributed by atoms with van der Waals surface area (Å²) in [5.74, 6) is 0. The predicted octanol–water partition coefficient (Wildman–Crippen LogP) is -0.0789. The molecule has 1 heterocycles. The van der Waals surface area contributed by atoms with Crippen LogP contribution in [-0.2, 0) is 4.74 Å². The molecule has 1 aliphatic heterocycles. The molecule has 3 nitrogen and oxygen atoms in total. The Morgan fingerprint density at radius 3 is 3.12 bits per heavy atom. The second kappa shape index (κ2) is 2.47. The third-order valence-electron chi connectivity index (χ3n) is 0.868. The van der Waals surface area contributed by atoms with Crippen molar-refractivity contribution in [3.05, 3.63) is 11.8 Å². The number of ether oxygens (including phenoxy) is 1. The second-order valence-corrected chi connectivity index (χ2v) is 1.52. The first-order valence-electron chi connectivity index (χ1n) is 2.36. The molecule has 0 bridgehead atoms. The fourth-order valence-electron chi connectivity index (χ4n) is 0.449. The van der Waals surface area contributed by atoms with Gasteiger partial charge in [0.1, 0.15) is 0 Å². The second-order valence-electron chi connectivity index (χ2n) is 1.52. The highest BCUT2D eigenvalue weighted by molar-refractivity contribution is 5.49. The molecule has 0 aliphatic carbocycles. The molecule has 0 fully saturated rings. The zero-order chi connectivity index (χ0) is 5.82. The van der Waals surface area contributed by atoms with Gasteiger partial charge in [-0.2, -0.15) is 0 Å². The first-order valence-corrected chi connectivity index (χ1v) is 2.36. The Bertz CT molecular complexity index is 128. The van der Waals surface area contributed by atoms with E-state index < -0.39 is 0 Å². The van der Waals surface area contributed by atoms with Crippen LogP contribution in [0.5, 0.6) is 0 Å². The van der Waals surface area contributed by atoms with Gasteiger partial charge in [0.25, 0.3) is 0 Å². The van der Waals surface area contributed by atoms with Crippen molar-refractivity contribution < 1.29 is 9.84 Å². The van der Waals surface area contributed by atoms with Crippen molar-refractivity contribution in [3.8, 4) is 0 Å². The minimum absolute atomic E-state index is 0.0390. The van der Waals surface area contributed by atoms with Gasteiger partial charge in [-0.3, -0.25) is 4.99 Å². The van der Waals surface area contributed by atoms with Crippen molar-refractivity contribution >= 4 is 6.40 Å². The summed E-state index contributed by atoms with van der Waals surface area (Å²) in [6, 6.07) is 0. The van der Waals surface area contributed by atoms with Crippen LogP contribution in [0.2, 0.25) is 0 Å². The summed E-state index contributed by atoms with van der Waals surface area (Å²) >= 11 is 0. The predicted molar refractivity (Wildman–Crippen MR) is 29.6 cm³/mol. The van der Waals surface area contributed by atoms with Crippen LogP contribution in [0.15, 0.2) is 16.8 Å². The minimum Gasteiger partial charge on any atom is -0.454 e. The molecular weight excluding hydrogens is 106 g/mol. The summed E-state index contributed by atoms with van der Waals surface area (Å²) in [6.07, 6.45) is 2.87. The van der Waals surface area contributed by atoms with Crippen LogP contribution in [0, 0.1) is 0 Å². The van der Waals surface area contributed by atoms with E-state index in [4.69, 9.17) is 5.11 Å². The zero-order valence-electron chi connectivity index (χ0n) is 4.37. The van der Waals surface area contributed by atoms with Gasteiger partial charge >= 0.3 is 0 Å². The number of nitrogens with zero attached hydrogens (tertiary/aromatic N) is 1. The minimum atomic E-state index is 0.0390. The molecule has 0 radical (unpaired) electrons. The van der Waals surface area contributed by atoms with Gasteiger partial charge < -0.3 is 9.84 Å². The maximum atomic E-state index is 8.47. The van der Waals surface area contributed by atoms with Gasteiger partial charge in [-0.1, -0.05) is 0 Å². The summed E-state index contributed by atoms with van der Waals surface area (Å²) in [5, 5.41) is 8.47. The molecule has 0 amide bonds. The third-order valence-corrected chi connectivity index (χ3v) is 0.868. The monoisotopic (exact) mass is 113 g/mol. The highest BCUT2D eigenvalue weighted by atomic mass is 16.5. The van der Waals surface area contributed by atoms with E-state index in [1.165, 1.54) is 12.7 Å². The number of rotatable bonds is 1. The molecule has 0 aromatic rings. The smallest absolute Gasteiger partial charge is 0.176 e. The van der Waals surface area contributed by atoms with Crippen molar-refractivity contribution in [1.29, 1.82) is 0 Å². The number of hydrogen-bond donors (Lipinski definition) is 1. The van der Waals surface area contributed by atoms with Crippen molar-refractivity contribution in [2.75, 3.05) is 13.2 Å². The molecule has 8 heavy (non-hydrogen) atoms. The Hall–Kier alpha value is -0.830. The van der Waals surface area contributed by atoms with E-state index in [2.05, 4.69) is 9.73 Å². The van der Waals surface area contributed by atoms with Crippen molar-refractivity contribution in [1.82, 2.24) is 0 Å². The molecule has 1 N–H and O–H groups in total. The molecule has 0 aromatic heterocycles. The highest BCUT2D eigenvalue weighted by Gasteiger charge is 1.95. The van der Waals surface area contributed by atoms with Gasteiger partial charge in [-0.25, -0.2) is 0 Å². The number of aliphatic hydroxyl groups is 1. The molecule has 0 spiro atoms. The standard InChI is InChI=1S/C5H7NO2/c7-2-5-1-6-4-8-3-5/h3-4,7H,1-2H2. The van der Waals surface area contributed by atoms with Crippen molar-refractivity contribution in [2.45, 2.75) is 0 Å². The Morgan fingerprint density at radius 1 is 1.88 bits per heavy atom. The van der Waals surface area contributed by atoms with E-state index in [9.17, 15) is 0 Å². The van der Waals surface area contributed by atoms with Crippen LogP contribution in [0.25, 0.3) is 0 Å². The van der Waals surface area contributed by atoms with E-state index in [0.29, 0.717) is 6.54 Å². The molecule has 44 valence electrons. The molecule has 1 aliphatic rings. The Morgan fingerprint density at radius 2 is 2.75 bits per heavy atom. The van der Waals surface area contributed by atoms with Crippen LogP contribution < -0.4 is 0 Å². The summed E-state index contributed by atoms with van der Waals surface area (Å²) in [4.78, 5) is 3.75. The lowest BCUT2D eigenvalue weighted by Crippen LogP contribution is -2.00. The van der Waals surface area contributed by atoms with Crippen LogP contribution >= 0.6 is 0 Å².